The summed E-state index contributed by atoms with van der Waals surface area (Å²) in [6, 6.07) is 14.8. The molecule has 0 spiro atoms. The number of amides is 2. The quantitative estimate of drug-likeness (QED) is 0.623. The molecule has 148 valence electrons. The van der Waals surface area contributed by atoms with Gasteiger partial charge in [-0.25, -0.2) is 0 Å². The molecule has 1 saturated carbocycles. The van der Waals surface area contributed by atoms with Gasteiger partial charge in [-0.2, -0.15) is 0 Å². The molecule has 1 aliphatic rings. The van der Waals surface area contributed by atoms with Gasteiger partial charge >= 0.3 is 0 Å². The van der Waals surface area contributed by atoms with Gasteiger partial charge in [0.1, 0.15) is 12.4 Å². The Morgan fingerprint density at radius 2 is 1.90 bits per heavy atom. The molecule has 2 amide bonds. The Bertz CT molecular complexity index is 1030. The lowest BCUT2D eigenvalue weighted by Crippen LogP contribution is -2.25. The summed E-state index contributed by atoms with van der Waals surface area (Å²) in [6.07, 6.45) is 2.05. The number of benzene rings is 2. The summed E-state index contributed by atoms with van der Waals surface area (Å²) in [5.74, 6) is 0.233. The number of aromatic nitrogens is 2. The lowest BCUT2D eigenvalue weighted by Gasteiger charge is -2.06. The minimum atomic E-state index is -0.371. The Morgan fingerprint density at radius 1 is 1.10 bits per heavy atom. The lowest BCUT2D eigenvalue weighted by atomic mass is 10.2. The van der Waals surface area contributed by atoms with Crippen molar-refractivity contribution in [3.8, 4) is 5.75 Å². The van der Waals surface area contributed by atoms with E-state index in [2.05, 4.69) is 20.8 Å². The van der Waals surface area contributed by atoms with E-state index >= 15 is 0 Å². The van der Waals surface area contributed by atoms with Crippen LogP contribution in [0.25, 0.3) is 0 Å². The third kappa shape index (κ3) is 5.17. The van der Waals surface area contributed by atoms with Crippen molar-refractivity contribution in [3.63, 3.8) is 0 Å². The van der Waals surface area contributed by atoms with Crippen LogP contribution < -0.4 is 15.4 Å². The summed E-state index contributed by atoms with van der Waals surface area (Å²) >= 11 is 1.17. The highest BCUT2D eigenvalue weighted by molar-refractivity contribution is 7.13. The molecule has 0 radical (unpaired) electrons. The summed E-state index contributed by atoms with van der Waals surface area (Å²) in [7, 11) is 0. The van der Waals surface area contributed by atoms with Crippen LogP contribution >= 0.6 is 11.3 Å². The van der Waals surface area contributed by atoms with Crippen molar-refractivity contribution >= 4 is 28.8 Å². The van der Waals surface area contributed by atoms with Gasteiger partial charge in [0.2, 0.25) is 5.01 Å². The number of hydrogen-bond donors (Lipinski definition) is 2. The maximum absolute atomic E-state index is 12.5. The number of ether oxygens (including phenoxy) is 1. The molecular weight excluding hydrogens is 388 g/mol. The molecule has 8 heteroatoms. The molecule has 1 aliphatic carbocycles. The van der Waals surface area contributed by atoms with Crippen molar-refractivity contribution in [2.75, 3.05) is 5.32 Å². The van der Waals surface area contributed by atoms with Gasteiger partial charge in [-0.05, 0) is 50.1 Å². The monoisotopic (exact) mass is 408 g/mol. The molecule has 3 aromatic rings. The Labute approximate surface area is 172 Å². The van der Waals surface area contributed by atoms with Gasteiger partial charge in [-0.1, -0.05) is 35.1 Å². The van der Waals surface area contributed by atoms with E-state index in [4.69, 9.17) is 4.74 Å². The number of carbonyl (C=O) groups excluding carboxylic acids is 2. The van der Waals surface area contributed by atoms with E-state index in [0.29, 0.717) is 16.3 Å². The van der Waals surface area contributed by atoms with Crippen LogP contribution in [0.3, 0.4) is 0 Å². The van der Waals surface area contributed by atoms with Gasteiger partial charge in [0.25, 0.3) is 11.8 Å². The van der Waals surface area contributed by atoms with Crippen LogP contribution in [0.15, 0.2) is 48.5 Å². The zero-order valence-corrected chi connectivity index (χ0v) is 16.7. The van der Waals surface area contributed by atoms with Gasteiger partial charge in [0, 0.05) is 17.3 Å². The van der Waals surface area contributed by atoms with Crippen LogP contribution in [0, 0.1) is 6.92 Å². The Hall–Kier alpha value is -3.26. The van der Waals surface area contributed by atoms with Crippen LogP contribution in [0.5, 0.6) is 5.75 Å². The highest BCUT2D eigenvalue weighted by Gasteiger charge is 2.24. The molecule has 2 N–H and O–H groups in total. The van der Waals surface area contributed by atoms with Crippen molar-refractivity contribution in [1.29, 1.82) is 0 Å². The topological polar surface area (TPSA) is 93.2 Å². The van der Waals surface area contributed by atoms with Crippen LogP contribution in [0.4, 0.5) is 5.69 Å². The molecule has 2 aromatic carbocycles. The highest BCUT2D eigenvalue weighted by Crippen LogP contribution is 2.21. The fourth-order valence-electron chi connectivity index (χ4n) is 2.60. The molecule has 0 aliphatic heterocycles. The first-order valence-corrected chi connectivity index (χ1v) is 10.1. The average molecular weight is 408 g/mol. The largest absolute Gasteiger partial charge is 0.486 e. The molecule has 1 fully saturated rings. The van der Waals surface area contributed by atoms with E-state index in [1.807, 2.05) is 31.2 Å². The number of rotatable bonds is 7. The zero-order valence-electron chi connectivity index (χ0n) is 15.8. The second kappa shape index (κ2) is 8.40. The fourth-order valence-corrected chi connectivity index (χ4v) is 3.25. The molecule has 7 nitrogen and oxygen atoms in total. The van der Waals surface area contributed by atoms with E-state index in [1.54, 1.807) is 24.3 Å². The molecule has 4 rings (SSSR count). The molecule has 1 aromatic heterocycles. The molecule has 0 bridgehead atoms. The number of nitrogens with zero attached hydrogens (tertiary/aromatic N) is 2. The van der Waals surface area contributed by atoms with Gasteiger partial charge in [0.15, 0.2) is 5.01 Å². The van der Waals surface area contributed by atoms with Crippen LogP contribution in [-0.2, 0) is 6.61 Å². The standard InChI is InChI=1S/C21H20N4O3S/c1-13-5-9-17(10-6-13)28-12-18-24-25-21(29-18)20(27)23-16-4-2-3-14(11-16)19(26)22-15-7-8-15/h2-6,9-11,15H,7-8,12H2,1H3,(H,22,26)(H,23,27). The molecular formula is C21H20N4O3S. The first-order valence-electron chi connectivity index (χ1n) is 9.31. The molecule has 0 saturated heterocycles. The van der Waals surface area contributed by atoms with Crippen molar-refractivity contribution in [2.45, 2.75) is 32.4 Å². The molecule has 0 unspecified atom stereocenters. The van der Waals surface area contributed by atoms with Crippen LogP contribution in [0.2, 0.25) is 0 Å². The maximum Gasteiger partial charge on any atom is 0.286 e. The fraction of sp³-hybridized carbons (Fsp3) is 0.238. The first-order chi connectivity index (χ1) is 14.1. The smallest absolute Gasteiger partial charge is 0.286 e. The third-order valence-corrected chi connectivity index (χ3v) is 5.24. The van der Waals surface area contributed by atoms with E-state index in [0.717, 1.165) is 24.2 Å². The van der Waals surface area contributed by atoms with Crippen LogP contribution in [0.1, 0.15) is 43.6 Å². The lowest BCUT2D eigenvalue weighted by molar-refractivity contribution is 0.0949. The summed E-state index contributed by atoms with van der Waals surface area (Å²) in [5, 5.41) is 14.5. The predicted molar refractivity (Wildman–Crippen MR) is 110 cm³/mol. The zero-order chi connectivity index (χ0) is 20.2. The summed E-state index contributed by atoms with van der Waals surface area (Å²) in [4.78, 5) is 24.6. The van der Waals surface area contributed by atoms with E-state index in [9.17, 15) is 9.59 Å². The van der Waals surface area contributed by atoms with Gasteiger partial charge in [-0.3, -0.25) is 9.59 Å². The third-order valence-electron chi connectivity index (χ3n) is 4.34. The number of nitrogens with one attached hydrogen (secondary N) is 2. The van der Waals surface area contributed by atoms with Crippen molar-refractivity contribution in [3.05, 3.63) is 69.7 Å². The molecule has 0 atom stereocenters. The summed E-state index contributed by atoms with van der Waals surface area (Å²) in [6.45, 7) is 2.25. The predicted octanol–water partition coefficient (Wildman–Crippen LogP) is 3.57. The van der Waals surface area contributed by atoms with Gasteiger partial charge in [0.05, 0.1) is 0 Å². The first kappa shape index (κ1) is 19.1. The molecule has 29 heavy (non-hydrogen) atoms. The second-order valence-electron chi connectivity index (χ2n) is 6.89. The number of carbonyl (C=O) groups is 2. The molecule has 1 heterocycles. The van der Waals surface area contributed by atoms with E-state index in [-0.39, 0.29) is 29.5 Å². The van der Waals surface area contributed by atoms with E-state index in [1.165, 1.54) is 11.3 Å². The highest BCUT2D eigenvalue weighted by atomic mass is 32.1. The van der Waals surface area contributed by atoms with Crippen molar-refractivity contribution in [1.82, 2.24) is 15.5 Å². The number of anilines is 1. The summed E-state index contributed by atoms with van der Waals surface area (Å²) in [5.41, 5.74) is 2.20. The second-order valence-corrected chi connectivity index (χ2v) is 7.95. The average Bonchev–Trinajstić information content (AvgIpc) is 3.40. The number of hydrogen-bond acceptors (Lipinski definition) is 6. The SMILES string of the molecule is Cc1ccc(OCc2nnc(C(=O)Nc3cccc(C(=O)NC4CC4)c3)s2)cc1. The normalized spacial score (nSPS) is 13.0. The van der Waals surface area contributed by atoms with Crippen LogP contribution in [-0.4, -0.2) is 28.1 Å². The Morgan fingerprint density at radius 3 is 2.66 bits per heavy atom. The Balaban J connectivity index is 1.35. The van der Waals surface area contributed by atoms with Crippen molar-refractivity contribution < 1.29 is 14.3 Å². The van der Waals surface area contributed by atoms with Crippen molar-refractivity contribution in [2.24, 2.45) is 0 Å². The minimum Gasteiger partial charge on any atom is -0.486 e. The number of aryl methyl sites for hydroxylation is 1. The van der Waals surface area contributed by atoms with Gasteiger partial charge in [-0.15, -0.1) is 10.2 Å². The maximum atomic E-state index is 12.5. The Kier molecular flexibility index (Phi) is 5.53. The summed E-state index contributed by atoms with van der Waals surface area (Å²) < 4.78 is 5.67. The van der Waals surface area contributed by atoms with E-state index < -0.39 is 0 Å². The van der Waals surface area contributed by atoms with Gasteiger partial charge < -0.3 is 15.4 Å². The minimum absolute atomic E-state index is 0.130.